The predicted octanol–water partition coefficient (Wildman–Crippen LogP) is 7.64. The number of rotatable bonds is 16. The number of unbranched alkanes of at least 4 members (excludes halogenated alkanes) is 9. The molecule has 3 heteroatoms. The highest BCUT2D eigenvalue weighted by molar-refractivity contribution is 6.69. The zero-order valence-electron chi connectivity index (χ0n) is 18.3. The summed E-state index contributed by atoms with van der Waals surface area (Å²) in [6, 6.07) is 0. The van der Waals surface area contributed by atoms with Gasteiger partial charge in [-0.3, -0.25) is 0 Å². The summed E-state index contributed by atoms with van der Waals surface area (Å²) in [6.07, 6.45) is 20.8. The van der Waals surface area contributed by atoms with Gasteiger partial charge in [0, 0.05) is 0 Å². The zero-order valence-corrected chi connectivity index (χ0v) is 19.3. The maximum absolute atomic E-state index is 6.76. The Morgan fingerprint density at radius 2 is 1.54 bits per heavy atom. The molecule has 0 unspecified atom stereocenters. The Morgan fingerprint density at radius 3 is 2.08 bits per heavy atom. The lowest BCUT2D eigenvalue weighted by Gasteiger charge is -2.40. The van der Waals surface area contributed by atoms with Gasteiger partial charge < -0.3 is 9.16 Å². The van der Waals surface area contributed by atoms with Crippen molar-refractivity contribution >= 4 is 8.32 Å². The Bertz CT molecular complexity index is 364. The van der Waals surface area contributed by atoms with E-state index in [-0.39, 0.29) is 11.7 Å². The van der Waals surface area contributed by atoms with Crippen LogP contribution in [0.15, 0.2) is 12.7 Å². The van der Waals surface area contributed by atoms with Crippen molar-refractivity contribution < 1.29 is 9.16 Å². The first-order chi connectivity index (χ1) is 12.4. The van der Waals surface area contributed by atoms with E-state index in [9.17, 15) is 0 Å². The lowest BCUT2D eigenvalue weighted by molar-refractivity contribution is -0.0760. The largest absolute Gasteiger partial charge is 0.410 e. The zero-order chi connectivity index (χ0) is 19.3. The molecule has 0 aromatic carbocycles. The van der Waals surface area contributed by atoms with E-state index in [1.807, 2.05) is 6.08 Å². The minimum atomic E-state index is -1.58. The molecular weight excluding hydrogens is 336 g/mol. The summed E-state index contributed by atoms with van der Waals surface area (Å²) in [4.78, 5) is 0. The fraction of sp³-hybridized carbons (Fsp3) is 0.913. The maximum Gasteiger partial charge on any atom is 0.184 e. The molecular formula is C23H46O2Si. The molecule has 1 fully saturated rings. The molecule has 0 saturated heterocycles. The van der Waals surface area contributed by atoms with E-state index in [2.05, 4.69) is 33.1 Å². The highest BCUT2D eigenvalue weighted by atomic mass is 28.4. The molecule has 0 N–H and O–H groups in total. The Hall–Kier alpha value is -0.123. The second-order valence-corrected chi connectivity index (χ2v) is 13.6. The first-order valence-corrected chi connectivity index (χ1v) is 14.8. The third-order valence-electron chi connectivity index (χ3n) is 5.53. The predicted molar refractivity (Wildman–Crippen MR) is 117 cm³/mol. The summed E-state index contributed by atoms with van der Waals surface area (Å²) in [5, 5.41) is 0. The van der Waals surface area contributed by atoms with Crippen molar-refractivity contribution in [3.63, 3.8) is 0 Å². The first-order valence-electron chi connectivity index (χ1n) is 11.4. The van der Waals surface area contributed by atoms with Crippen molar-refractivity contribution in [2.75, 3.05) is 6.61 Å². The second-order valence-electron chi connectivity index (χ2n) is 9.21. The Balaban J connectivity index is 2.32. The van der Waals surface area contributed by atoms with Crippen LogP contribution in [-0.2, 0) is 9.16 Å². The monoisotopic (exact) mass is 382 g/mol. The normalized spacial score (nSPS) is 23.5. The van der Waals surface area contributed by atoms with Crippen molar-refractivity contribution in [2.24, 2.45) is 0 Å². The third kappa shape index (κ3) is 9.71. The summed E-state index contributed by atoms with van der Waals surface area (Å²) in [7, 11) is -1.58. The summed E-state index contributed by atoms with van der Waals surface area (Å²) in [6.45, 7) is 13.7. The van der Waals surface area contributed by atoms with Crippen LogP contribution in [0, 0.1) is 0 Å². The van der Waals surface area contributed by atoms with Crippen LogP contribution in [0.2, 0.25) is 19.6 Å². The van der Waals surface area contributed by atoms with E-state index in [4.69, 9.17) is 9.16 Å². The summed E-state index contributed by atoms with van der Waals surface area (Å²) in [5.74, 6) is 0. The Morgan fingerprint density at radius 1 is 0.962 bits per heavy atom. The van der Waals surface area contributed by atoms with Crippen LogP contribution in [-0.4, -0.2) is 26.6 Å². The first kappa shape index (κ1) is 23.9. The van der Waals surface area contributed by atoms with E-state index in [1.54, 1.807) is 0 Å². The van der Waals surface area contributed by atoms with Crippen LogP contribution >= 0.6 is 0 Å². The highest BCUT2D eigenvalue weighted by Gasteiger charge is 2.46. The van der Waals surface area contributed by atoms with Gasteiger partial charge in [-0.15, -0.1) is 6.58 Å². The topological polar surface area (TPSA) is 18.5 Å². The van der Waals surface area contributed by atoms with Gasteiger partial charge in [0.05, 0.1) is 18.3 Å². The van der Waals surface area contributed by atoms with Gasteiger partial charge in [-0.05, 0) is 45.3 Å². The van der Waals surface area contributed by atoms with Gasteiger partial charge in [0.15, 0.2) is 8.32 Å². The van der Waals surface area contributed by atoms with Gasteiger partial charge in [-0.25, -0.2) is 0 Å². The molecule has 1 saturated carbocycles. The smallest absolute Gasteiger partial charge is 0.184 e. The molecule has 0 spiro atoms. The molecule has 2 atom stereocenters. The summed E-state index contributed by atoms with van der Waals surface area (Å²) < 4.78 is 12.9. The lowest BCUT2D eigenvalue weighted by atomic mass is 9.92. The molecule has 26 heavy (non-hydrogen) atoms. The van der Waals surface area contributed by atoms with Gasteiger partial charge in [-0.2, -0.15) is 0 Å². The molecule has 2 nitrogen and oxygen atoms in total. The fourth-order valence-corrected chi connectivity index (χ4v) is 5.96. The standard InChI is InChI=1S/C23H46O2Si/c1-6-8-9-10-11-12-13-14-15-16-19-23(25-26(3,4)5)20-17-18-22(23)24-21-7-2/h7,22H,2,6,8-21H2,1,3-5H3/t22-,23-/m1/s1. The second kappa shape index (κ2) is 13.1. The van der Waals surface area contributed by atoms with Gasteiger partial charge in [0.25, 0.3) is 0 Å². The number of hydrogen-bond acceptors (Lipinski definition) is 2. The van der Waals surface area contributed by atoms with Crippen molar-refractivity contribution in [3.05, 3.63) is 12.7 Å². The molecule has 1 aliphatic carbocycles. The van der Waals surface area contributed by atoms with Gasteiger partial charge in [0.2, 0.25) is 0 Å². The van der Waals surface area contributed by atoms with E-state index in [1.165, 1.54) is 83.5 Å². The average Bonchev–Trinajstić information content (AvgIpc) is 2.95. The van der Waals surface area contributed by atoms with Gasteiger partial charge in [-0.1, -0.05) is 77.2 Å². The molecule has 0 radical (unpaired) electrons. The molecule has 0 aromatic rings. The van der Waals surface area contributed by atoms with Crippen LogP contribution in [0.5, 0.6) is 0 Å². The molecule has 0 aromatic heterocycles. The highest BCUT2D eigenvalue weighted by Crippen LogP contribution is 2.41. The maximum atomic E-state index is 6.76. The average molecular weight is 383 g/mol. The molecule has 0 heterocycles. The van der Waals surface area contributed by atoms with Crippen LogP contribution < -0.4 is 0 Å². The van der Waals surface area contributed by atoms with E-state index in [0.717, 1.165) is 6.42 Å². The molecule has 0 amide bonds. The lowest BCUT2D eigenvalue weighted by Crippen LogP contribution is -2.49. The van der Waals surface area contributed by atoms with Crippen LogP contribution in [0.1, 0.15) is 96.8 Å². The fourth-order valence-electron chi connectivity index (χ4n) is 4.41. The molecule has 0 bridgehead atoms. The molecule has 1 aliphatic rings. The summed E-state index contributed by atoms with van der Waals surface area (Å²) in [5.41, 5.74) is -0.0202. The SMILES string of the molecule is C=CCO[C@@H]1CCC[C@@]1(CCCCCCCCCCCC)O[Si](C)(C)C. The third-order valence-corrected chi connectivity index (χ3v) is 6.55. The quantitative estimate of drug-likeness (QED) is 0.155. The Kier molecular flexibility index (Phi) is 12.1. The van der Waals surface area contributed by atoms with E-state index >= 15 is 0 Å². The van der Waals surface area contributed by atoms with Crippen LogP contribution in [0.3, 0.4) is 0 Å². The molecule has 154 valence electrons. The van der Waals surface area contributed by atoms with Crippen molar-refractivity contribution in [1.82, 2.24) is 0 Å². The minimum Gasteiger partial charge on any atom is -0.410 e. The number of ether oxygens (including phenoxy) is 1. The molecule has 1 rings (SSSR count). The van der Waals surface area contributed by atoms with Gasteiger partial charge in [0.1, 0.15) is 0 Å². The van der Waals surface area contributed by atoms with Crippen molar-refractivity contribution in [3.8, 4) is 0 Å². The van der Waals surface area contributed by atoms with Gasteiger partial charge >= 0.3 is 0 Å². The van der Waals surface area contributed by atoms with E-state index in [0.29, 0.717) is 6.61 Å². The van der Waals surface area contributed by atoms with Crippen LogP contribution in [0.4, 0.5) is 0 Å². The van der Waals surface area contributed by atoms with Crippen molar-refractivity contribution in [2.45, 2.75) is 128 Å². The minimum absolute atomic E-state index is 0.0202. The van der Waals surface area contributed by atoms with Crippen LogP contribution in [0.25, 0.3) is 0 Å². The number of hydrogen-bond donors (Lipinski definition) is 0. The Labute approximate surface area is 165 Å². The summed E-state index contributed by atoms with van der Waals surface area (Å²) >= 11 is 0. The molecule has 0 aliphatic heterocycles. The van der Waals surface area contributed by atoms with Crippen molar-refractivity contribution in [1.29, 1.82) is 0 Å². The van der Waals surface area contributed by atoms with E-state index < -0.39 is 8.32 Å².